The lowest BCUT2D eigenvalue weighted by Gasteiger charge is -2.27. The second-order valence-corrected chi connectivity index (χ2v) is 7.63. The summed E-state index contributed by atoms with van der Waals surface area (Å²) in [5.74, 6) is 1.49. The zero-order valence-corrected chi connectivity index (χ0v) is 16.9. The van der Waals surface area contributed by atoms with Gasteiger partial charge in [0.2, 0.25) is 0 Å². The highest BCUT2D eigenvalue weighted by molar-refractivity contribution is 5.94. The van der Waals surface area contributed by atoms with E-state index in [4.69, 9.17) is 9.47 Å². The molecule has 1 fully saturated rings. The molecule has 0 aliphatic carbocycles. The van der Waals surface area contributed by atoms with Gasteiger partial charge in [-0.3, -0.25) is 4.79 Å². The topological polar surface area (TPSA) is 59.0 Å². The van der Waals surface area contributed by atoms with Crippen molar-refractivity contribution in [3.05, 3.63) is 59.2 Å². The summed E-state index contributed by atoms with van der Waals surface area (Å²) in [7, 11) is 1.60. The molecule has 1 heterocycles. The molecule has 1 aliphatic rings. The fourth-order valence-electron chi connectivity index (χ4n) is 3.46. The van der Waals surface area contributed by atoms with Gasteiger partial charge in [0.25, 0.3) is 5.91 Å². The Bertz CT molecular complexity index is 818. The Balaban J connectivity index is 1.59. The smallest absolute Gasteiger partial charge is 0.253 e. The first-order valence-electron chi connectivity index (χ1n) is 9.76. The van der Waals surface area contributed by atoms with Crippen molar-refractivity contribution in [3.63, 3.8) is 0 Å². The third kappa shape index (κ3) is 4.84. The first kappa shape index (κ1) is 20.2. The maximum absolute atomic E-state index is 12.8. The molecule has 1 atom stereocenters. The van der Waals surface area contributed by atoms with Gasteiger partial charge in [-0.05, 0) is 80.6 Å². The number of rotatable bonds is 5. The summed E-state index contributed by atoms with van der Waals surface area (Å²) < 4.78 is 11.0. The monoisotopic (exact) mass is 383 g/mol. The molecule has 0 bridgehead atoms. The molecule has 1 amide bonds. The van der Waals surface area contributed by atoms with Gasteiger partial charge in [0.05, 0.1) is 7.11 Å². The Hall–Kier alpha value is -2.53. The standard InChI is InChI=1S/C23H29NO4/c1-17-5-8-21(15-18(17)2)28-16-23(26)11-4-13-24(14-12-23)22(25)19-6-9-20(27-3)10-7-19/h5-10,15,26H,4,11-14,16H2,1-3H3. The van der Waals surface area contributed by atoms with Crippen molar-refractivity contribution in [3.8, 4) is 11.5 Å². The van der Waals surface area contributed by atoms with Crippen molar-refractivity contribution in [1.82, 2.24) is 4.90 Å². The zero-order chi connectivity index (χ0) is 20.1. The van der Waals surface area contributed by atoms with Crippen molar-refractivity contribution >= 4 is 5.91 Å². The van der Waals surface area contributed by atoms with Crippen LogP contribution >= 0.6 is 0 Å². The van der Waals surface area contributed by atoms with Crippen LogP contribution in [0.15, 0.2) is 42.5 Å². The van der Waals surface area contributed by atoms with Gasteiger partial charge in [0, 0.05) is 18.7 Å². The summed E-state index contributed by atoms with van der Waals surface area (Å²) in [4.78, 5) is 14.6. The van der Waals surface area contributed by atoms with E-state index < -0.39 is 5.60 Å². The molecular weight excluding hydrogens is 354 g/mol. The molecule has 5 heteroatoms. The van der Waals surface area contributed by atoms with Crippen LogP contribution in [0.25, 0.3) is 0 Å². The minimum absolute atomic E-state index is 0.0121. The highest BCUT2D eigenvalue weighted by atomic mass is 16.5. The van der Waals surface area contributed by atoms with Gasteiger partial charge >= 0.3 is 0 Å². The summed E-state index contributed by atoms with van der Waals surface area (Å²) in [5, 5.41) is 11.0. The number of likely N-dealkylation sites (tertiary alicyclic amines) is 1. The van der Waals surface area contributed by atoms with Gasteiger partial charge in [0.1, 0.15) is 23.7 Å². The summed E-state index contributed by atoms with van der Waals surface area (Å²) in [6, 6.07) is 13.1. The van der Waals surface area contributed by atoms with E-state index in [0.717, 1.165) is 17.9 Å². The quantitative estimate of drug-likeness (QED) is 0.854. The maximum Gasteiger partial charge on any atom is 0.253 e. The predicted octanol–water partition coefficient (Wildman–Crippen LogP) is 3.75. The minimum Gasteiger partial charge on any atom is -0.497 e. The lowest BCUT2D eigenvalue weighted by molar-refractivity contribution is -0.0163. The van der Waals surface area contributed by atoms with Crippen molar-refractivity contribution in [2.45, 2.75) is 38.7 Å². The van der Waals surface area contributed by atoms with Crippen LogP contribution in [-0.4, -0.2) is 48.3 Å². The van der Waals surface area contributed by atoms with Crippen molar-refractivity contribution in [2.75, 3.05) is 26.8 Å². The SMILES string of the molecule is COc1ccc(C(=O)N2CCCC(O)(COc3ccc(C)c(C)c3)CC2)cc1. The third-order valence-electron chi connectivity index (χ3n) is 5.53. The van der Waals surface area contributed by atoms with Crippen LogP contribution in [0.5, 0.6) is 11.5 Å². The van der Waals surface area contributed by atoms with Gasteiger partial charge < -0.3 is 19.5 Å². The molecule has 1 saturated heterocycles. The van der Waals surface area contributed by atoms with E-state index in [1.165, 1.54) is 11.1 Å². The predicted molar refractivity (Wildman–Crippen MR) is 109 cm³/mol. The lowest BCUT2D eigenvalue weighted by Crippen LogP contribution is -2.38. The van der Waals surface area contributed by atoms with Crippen molar-refractivity contribution in [2.24, 2.45) is 0 Å². The Morgan fingerprint density at radius 2 is 1.75 bits per heavy atom. The molecule has 1 aliphatic heterocycles. The van der Waals surface area contributed by atoms with Gasteiger partial charge in [-0.1, -0.05) is 6.07 Å². The molecule has 0 aromatic heterocycles. The van der Waals surface area contributed by atoms with E-state index in [-0.39, 0.29) is 12.5 Å². The molecule has 0 saturated carbocycles. The van der Waals surface area contributed by atoms with E-state index in [1.807, 2.05) is 30.0 Å². The van der Waals surface area contributed by atoms with Crippen LogP contribution in [0.3, 0.4) is 0 Å². The fraction of sp³-hybridized carbons (Fsp3) is 0.435. The summed E-state index contributed by atoms with van der Waals surface area (Å²) >= 11 is 0. The van der Waals surface area contributed by atoms with E-state index in [2.05, 4.69) is 6.92 Å². The zero-order valence-electron chi connectivity index (χ0n) is 16.9. The molecular formula is C23H29NO4. The largest absolute Gasteiger partial charge is 0.497 e. The Kier molecular flexibility index (Phi) is 6.25. The summed E-state index contributed by atoms with van der Waals surface area (Å²) in [6.07, 6.45) is 1.86. The number of nitrogens with zero attached hydrogens (tertiary/aromatic N) is 1. The summed E-state index contributed by atoms with van der Waals surface area (Å²) in [6.45, 7) is 5.49. The first-order chi connectivity index (χ1) is 13.4. The highest BCUT2D eigenvalue weighted by Crippen LogP contribution is 2.26. The number of aryl methyl sites for hydroxylation is 2. The van der Waals surface area contributed by atoms with Crippen LogP contribution in [0, 0.1) is 13.8 Å². The number of carbonyl (C=O) groups is 1. The van der Waals surface area contributed by atoms with Gasteiger partial charge in [-0.15, -0.1) is 0 Å². The number of aliphatic hydroxyl groups is 1. The maximum atomic E-state index is 12.8. The van der Waals surface area contributed by atoms with Crippen LogP contribution in [0.2, 0.25) is 0 Å². The van der Waals surface area contributed by atoms with Crippen molar-refractivity contribution < 1.29 is 19.4 Å². The van der Waals surface area contributed by atoms with Crippen molar-refractivity contribution in [1.29, 1.82) is 0 Å². The van der Waals surface area contributed by atoms with Crippen LogP contribution < -0.4 is 9.47 Å². The first-order valence-corrected chi connectivity index (χ1v) is 9.76. The normalized spacial score (nSPS) is 19.8. The average molecular weight is 383 g/mol. The number of amides is 1. The molecule has 28 heavy (non-hydrogen) atoms. The number of benzene rings is 2. The molecule has 0 spiro atoms. The molecule has 150 valence electrons. The lowest BCUT2D eigenvalue weighted by atomic mass is 9.96. The number of hydrogen-bond acceptors (Lipinski definition) is 4. The van der Waals surface area contributed by atoms with Gasteiger partial charge in [-0.25, -0.2) is 0 Å². The fourth-order valence-corrected chi connectivity index (χ4v) is 3.46. The number of carbonyl (C=O) groups excluding carboxylic acids is 1. The molecule has 2 aromatic rings. The Morgan fingerprint density at radius 3 is 2.43 bits per heavy atom. The minimum atomic E-state index is -0.923. The van der Waals surface area contributed by atoms with E-state index >= 15 is 0 Å². The summed E-state index contributed by atoms with van der Waals surface area (Å²) in [5.41, 5.74) is 2.10. The molecule has 1 unspecified atom stereocenters. The Morgan fingerprint density at radius 1 is 1.04 bits per heavy atom. The average Bonchev–Trinajstić information content (AvgIpc) is 2.90. The number of methoxy groups -OCH3 is 1. The molecule has 0 radical (unpaired) electrons. The number of ether oxygens (including phenoxy) is 2. The third-order valence-corrected chi connectivity index (χ3v) is 5.53. The van der Waals surface area contributed by atoms with Gasteiger partial charge in [0.15, 0.2) is 0 Å². The second kappa shape index (κ2) is 8.65. The van der Waals surface area contributed by atoms with E-state index in [1.54, 1.807) is 31.4 Å². The highest BCUT2D eigenvalue weighted by Gasteiger charge is 2.32. The Labute approximate surface area is 166 Å². The molecule has 5 nitrogen and oxygen atoms in total. The van der Waals surface area contributed by atoms with Gasteiger partial charge in [-0.2, -0.15) is 0 Å². The number of hydrogen-bond donors (Lipinski definition) is 1. The van der Waals surface area contributed by atoms with Crippen LogP contribution in [0.4, 0.5) is 0 Å². The van der Waals surface area contributed by atoms with E-state index in [9.17, 15) is 9.90 Å². The van der Waals surface area contributed by atoms with Crippen LogP contribution in [-0.2, 0) is 0 Å². The molecule has 3 rings (SSSR count). The second-order valence-electron chi connectivity index (χ2n) is 7.63. The molecule has 2 aromatic carbocycles. The van der Waals surface area contributed by atoms with E-state index in [0.29, 0.717) is 31.5 Å². The van der Waals surface area contributed by atoms with Crippen LogP contribution in [0.1, 0.15) is 40.7 Å². The molecule has 1 N–H and O–H groups in total.